The molecule has 2 aliphatic rings. The Labute approximate surface area is 123 Å². The number of fused-ring (bicyclic) bond motifs is 2. The molecular formula is C12H10BrNO2S2. The Kier molecular flexibility index (Phi) is 3.25. The summed E-state index contributed by atoms with van der Waals surface area (Å²) in [4.78, 5) is 1.23. The molecule has 0 aliphatic carbocycles. The smallest absolute Gasteiger partial charge is 0.267 e. The van der Waals surface area contributed by atoms with E-state index in [0.29, 0.717) is 13.2 Å². The predicted octanol–water partition coefficient (Wildman–Crippen LogP) is 3.75. The molecule has 0 aromatic heterocycles. The van der Waals surface area contributed by atoms with E-state index in [0.717, 1.165) is 22.2 Å². The maximum atomic E-state index is 9.43. The van der Waals surface area contributed by atoms with Crippen molar-refractivity contribution >= 4 is 50.8 Å². The highest BCUT2D eigenvalue weighted by Crippen LogP contribution is 2.44. The normalized spacial score (nSPS) is 17.9. The van der Waals surface area contributed by atoms with Gasteiger partial charge < -0.3 is 9.84 Å². The standard InChI is InChI=1S/C12H10BrNO2S2/c13-7-1-2-8-9-6-14(12(15)17)18-11(9)3-4-16-10(8)5-7/h1-2,5H,3-4,6H2,(H,15,17). The van der Waals surface area contributed by atoms with E-state index in [1.807, 2.05) is 18.2 Å². The largest absolute Gasteiger partial charge is 0.493 e. The topological polar surface area (TPSA) is 32.7 Å². The molecule has 0 unspecified atom stereocenters. The molecule has 0 saturated heterocycles. The van der Waals surface area contributed by atoms with Gasteiger partial charge in [0.1, 0.15) is 5.75 Å². The average molecular weight is 344 g/mol. The van der Waals surface area contributed by atoms with Crippen LogP contribution in [0.15, 0.2) is 27.6 Å². The van der Waals surface area contributed by atoms with Gasteiger partial charge in [0, 0.05) is 21.4 Å². The van der Waals surface area contributed by atoms with Crippen LogP contribution in [0.5, 0.6) is 5.75 Å². The first kappa shape index (κ1) is 12.3. The van der Waals surface area contributed by atoms with Crippen molar-refractivity contribution in [1.82, 2.24) is 4.31 Å². The Balaban J connectivity index is 2.02. The summed E-state index contributed by atoms with van der Waals surface area (Å²) in [6.45, 7) is 1.29. The number of hydrogen-bond acceptors (Lipinski definition) is 3. The van der Waals surface area contributed by atoms with E-state index in [1.54, 1.807) is 4.31 Å². The van der Waals surface area contributed by atoms with Gasteiger partial charge in [-0.3, -0.25) is 4.31 Å². The average Bonchev–Trinajstić information content (AvgIpc) is 2.67. The molecule has 3 nitrogen and oxygen atoms in total. The lowest BCUT2D eigenvalue weighted by Crippen LogP contribution is -2.20. The zero-order valence-corrected chi connectivity index (χ0v) is 12.6. The number of nitrogens with zero attached hydrogens (tertiary/aromatic N) is 1. The number of ether oxygens (including phenoxy) is 1. The number of rotatable bonds is 0. The fourth-order valence-electron chi connectivity index (χ4n) is 2.11. The minimum atomic E-state index is -0.0624. The molecule has 1 N–H and O–H groups in total. The SMILES string of the molecule is OC(=S)N1CC2=C(CCOc3cc(Br)ccc32)S1. The first-order chi connectivity index (χ1) is 8.65. The molecule has 0 bridgehead atoms. The Morgan fingerprint density at radius 1 is 1.50 bits per heavy atom. The molecule has 0 radical (unpaired) electrons. The van der Waals surface area contributed by atoms with Crippen molar-refractivity contribution in [3.63, 3.8) is 0 Å². The maximum Gasteiger partial charge on any atom is 0.267 e. The third-order valence-electron chi connectivity index (χ3n) is 2.93. The van der Waals surface area contributed by atoms with Crippen LogP contribution >= 0.6 is 40.1 Å². The third kappa shape index (κ3) is 2.13. The molecule has 0 amide bonds. The molecule has 1 aromatic carbocycles. The highest BCUT2D eigenvalue weighted by molar-refractivity contribution is 9.10. The van der Waals surface area contributed by atoms with Gasteiger partial charge >= 0.3 is 0 Å². The van der Waals surface area contributed by atoms with E-state index in [-0.39, 0.29) is 5.17 Å². The molecule has 0 saturated carbocycles. The van der Waals surface area contributed by atoms with Crippen LogP contribution in [-0.2, 0) is 0 Å². The maximum absolute atomic E-state index is 9.43. The van der Waals surface area contributed by atoms with Crippen molar-refractivity contribution in [2.45, 2.75) is 6.42 Å². The van der Waals surface area contributed by atoms with E-state index in [9.17, 15) is 5.11 Å². The van der Waals surface area contributed by atoms with Crippen LogP contribution in [0.25, 0.3) is 5.57 Å². The summed E-state index contributed by atoms with van der Waals surface area (Å²) in [5.74, 6) is 0.890. The van der Waals surface area contributed by atoms with Crippen LogP contribution in [0, 0.1) is 0 Å². The Bertz CT molecular complexity index is 559. The number of aliphatic hydroxyl groups excluding tert-OH is 1. The minimum absolute atomic E-state index is 0.0624. The molecule has 18 heavy (non-hydrogen) atoms. The quantitative estimate of drug-likeness (QED) is 0.573. The summed E-state index contributed by atoms with van der Waals surface area (Å²) in [7, 11) is 0. The molecule has 3 rings (SSSR count). The fraction of sp³-hybridized carbons (Fsp3) is 0.250. The predicted molar refractivity (Wildman–Crippen MR) is 80.7 cm³/mol. The molecule has 94 valence electrons. The minimum Gasteiger partial charge on any atom is -0.493 e. The van der Waals surface area contributed by atoms with Gasteiger partial charge in [-0.05, 0) is 47.9 Å². The molecule has 2 heterocycles. The summed E-state index contributed by atoms with van der Waals surface area (Å²) >= 11 is 9.79. The van der Waals surface area contributed by atoms with Gasteiger partial charge in [-0.15, -0.1) is 0 Å². The van der Waals surface area contributed by atoms with E-state index in [2.05, 4.69) is 15.9 Å². The summed E-state index contributed by atoms with van der Waals surface area (Å²) in [6.07, 6.45) is 0.853. The summed E-state index contributed by atoms with van der Waals surface area (Å²) in [6, 6.07) is 6.03. The van der Waals surface area contributed by atoms with Crippen molar-refractivity contribution < 1.29 is 9.84 Å². The Hall–Kier alpha value is -0.720. The zero-order valence-electron chi connectivity index (χ0n) is 9.35. The summed E-state index contributed by atoms with van der Waals surface area (Å²) in [5, 5.41) is 9.37. The van der Waals surface area contributed by atoms with Gasteiger partial charge in [0.2, 0.25) is 0 Å². The van der Waals surface area contributed by atoms with Gasteiger partial charge in [-0.25, -0.2) is 0 Å². The van der Waals surface area contributed by atoms with Crippen molar-refractivity contribution in [3.05, 3.63) is 33.1 Å². The van der Waals surface area contributed by atoms with Gasteiger partial charge in [-0.2, -0.15) is 0 Å². The first-order valence-electron chi connectivity index (χ1n) is 5.48. The molecule has 0 spiro atoms. The summed E-state index contributed by atoms with van der Waals surface area (Å²) < 4.78 is 8.50. The van der Waals surface area contributed by atoms with E-state index >= 15 is 0 Å². The van der Waals surface area contributed by atoms with Gasteiger partial charge in [-0.1, -0.05) is 15.9 Å². The lowest BCUT2D eigenvalue weighted by Gasteiger charge is -2.15. The highest BCUT2D eigenvalue weighted by Gasteiger charge is 2.29. The number of hydrogen-bond donors (Lipinski definition) is 1. The molecule has 0 fully saturated rings. The number of aliphatic hydroxyl groups is 1. The lowest BCUT2D eigenvalue weighted by atomic mass is 10.0. The highest BCUT2D eigenvalue weighted by atomic mass is 79.9. The van der Waals surface area contributed by atoms with E-state index in [1.165, 1.54) is 22.4 Å². The van der Waals surface area contributed by atoms with Crippen LogP contribution in [-0.4, -0.2) is 27.7 Å². The van der Waals surface area contributed by atoms with Crippen molar-refractivity contribution in [1.29, 1.82) is 0 Å². The number of halogens is 1. The number of benzene rings is 1. The first-order valence-corrected chi connectivity index (χ1v) is 7.46. The molecule has 2 aliphatic heterocycles. The Morgan fingerprint density at radius 3 is 3.11 bits per heavy atom. The third-order valence-corrected chi connectivity index (χ3v) is 4.95. The van der Waals surface area contributed by atoms with E-state index in [4.69, 9.17) is 17.0 Å². The van der Waals surface area contributed by atoms with Crippen LogP contribution in [0.1, 0.15) is 12.0 Å². The van der Waals surface area contributed by atoms with Crippen molar-refractivity contribution in [2.24, 2.45) is 0 Å². The van der Waals surface area contributed by atoms with Gasteiger partial charge in [0.15, 0.2) is 0 Å². The van der Waals surface area contributed by atoms with Crippen LogP contribution < -0.4 is 4.74 Å². The molecule has 6 heteroatoms. The fourth-order valence-corrected chi connectivity index (χ4v) is 3.62. The monoisotopic (exact) mass is 343 g/mol. The van der Waals surface area contributed by atoms with Crippen molar-refractivity contribution in [2.75, 3.05) is 13.2 Å². The van der Waals surface area contributed by atoms with Gasteiger partial charge in [0.05, 0.1) is 13.2 Å². The molecule has 0 atom stereocenters. The second-order valence-corrected chi connectivity index (χ2v) is 6.45. The summed E-state index contributed by atoms with van der Waals surface area (Å²) in [5.41, 5.74) is 2.30. The molecule has 1 aromatic rings. The van der Waals surface area contributed by atoms with Gasteiger partial charge in [0.25, 0.3) is 5.17 Å². The van der Waals surface area contributed by atoms with Crippen LogP contribution in [0.2, 0.25) is 0 Å². The number of thiocarbonyl (C=S) groups is 1. The van der Waals surface area contributed by atoms with Crippen LogP contribution in [0.4, 0.5) is 0 Å². The second kappa shape index (κ2) is 4.75. The van der Waals surface area contributed by atoms with Crippen LogP contribution in [0.3, 0.4) is 0 Å². The zero-order chi connectivity index (χ0) is 12.7. The molecular weight excluding hydrogens is 334 g/mol. The van der Waals surface area contributed by atoms with E-state index < -0.39 is 0 Å². The second-order valence-electron chi connectivity index (χ2n) is 4.05. The van der Waals surface area contributed by atoms with Crippen molar-refractivity contribution in [3.8, 4) is 5.75 Å². The Morgan fingerprint density at radius 2 is 2.33 bits per heavy atom. The lowest BCUT2D eigenvalue weighted by molar-refractivity contribution is 0.325.